The maximum atomic E-state index is 12.3. The highest BCUT2D eigenvalue weighted by atomic mass is 16.5. The molecule has 0 saturated carbocycles. The van der Waals surface area contributed by atoms with Gasteiger partial charge >= 0.3 is 12.0 Å². The highest BCUT2D eigenvalue weighted by Gasteiger charge is 2.34. The van der Waals surface area contributed by atoms with Crippen LogP contribution in [0.25, 0.3) is 0 Å². The molecule has 0 aromatic carbocycles. The standard InChI is InChI=1S/C13H22N2O4/c1-19-9-10-2-5-14(6-3-10)13(18)15-7-4-11(8-15)12(16)17/h10-11H,2-9H2,1H3,(H,16,17). The topological polar surface area (TPSA) is 70.1 Å². The molecule has 19 heavy (non-hydrogen) atoms. The van der Waals surface area contributed by atoms with Gasteiger partial charge in [-0.3, -0.25) is 4.79 Å². The van der Waals surface area contributed by atoms with Crippen molar-refractivity contribution in [3.05, 3.63) is 0 Å². The van der Waals surface area contributed by atoms with E-state index in [0.717, 1.165) is 32.5 Å². The van der Waals surface area contributed by atoms with Crippen LogP contribution in [-0.2, 0) is 9.53 Å². The van der Waals surface area contributed by atoms with Crippen LogP contribution in [0.1, 0.15) is 19.3 Å². The normalized spacial score (nSPS) is 24.8. The predicted octanol–water partition coefficient (Wildman–Crippen LogP) is 0.871. The van der Waals surface area contributed by atoms with Gasteiger partial charge in [0.2, 0.25) is 0 Å². The highest BCUT2D eigenvalue weighted by Crippen LogP contribution is 2.22. The summed E-state index contributed by atoms with van der Waals surface area (Å²) in [6.45, 7) is 3.18. The van der Waals surface area contributed by atoms with Crippen LogP contribution in [0.15, 0.2) is 0 Å². The summed E-state index contributed by atoms with van der Waals surface area (Å²) in [7, 11) is 1.70. The summed E-state index contributed by atoms with van der Waals surface area (Å²) in [5.74, 6) is -0.650. The first-order chi connectivity index (χ1) is 9.11. The fraction of sp³-hybridized carbons (Fsp3) is 0.846. The molecular weight excluding hydrogens is 248 g/mol. The molecular formula is C13H22N2O4. The molecule has 2 aliphatic heterocycles. The molecule has 6 nitrogen and oxygen atoms in total. The lowest BCUT2D eigenvalue weighted by molar-refractivity contribution is -0.141. The van der Waals surface area contributed by atoms with E-state index in [1.165, 1.54) is 0 Å². The molecule has 0 spiro atoms. The lowest BCUT2D eigenvalue weighted by atomic mass is 9.98. The van der Waals surface area contributed by atoms with E-state index in [-0.39, 0.29) is 6.03 Å². The number of carboxylic acid groups (broad SMARTS) is 1. The Labute approximate surface area is 113 Å². The summed E-state index contributed by atoms with van der Waals surface area (Å²) in [4.78, 5) is 26.7. The molecule has 1 atom stereocenters. The van der Waals surface area contributed by atoms with Gasteiger partial charge in [-0.25, -0.2) is 4.79 Å². The van der Waals surface area contributed by atoms with Crippen molar-refractivity contribution in [2.45, 2.75) is 19.3 Å². The Morgan fingerprint density at radius 1 is 1.16 bits per heavy atom. The number of hydrogen-bond acceptors (Lipinski definition) is 3. The SMILES string of the molecule is COCC1CCN(C(=O)N2CCC(C(=O)O)C2)CC1. The zero-order valence-corrected chi connectivity index (χ0v) is 11.4. The minimum atomic E-state index is -0.797. The molecule has 0 aliphatic carbocycles. The number of amides is 2. The molecule has 2 rings (SSSR count). The van der Waals surface area contributed by atoms with Crippen molar-refractivity contribution >= 4 is 12.0 Å². The Morgan fingerprint density at radius 3 is 2.32 bits per heavy atom. The number of likely N-dealkylation sites (tertiary alicyclic amines) is 2. The smallest absolute Gasteiger partial charge is 0.320 e. The van der Waals surface area contributed by atoms with Crippen LogP contribution in [0.4, 0.5) is 4.79 Å². The van der Waals surface area contributed by atoms with E-state index in [0.29, 0.717) is 25.4 Å². The van der Waals surface area contributed by atoms with E-state index < -0.39 is 11.9 Å². The number of carbonyl (C=O) groups excluding carboxylic acids is 1. The number of methoxy groups -OCH3 is 1. The molecule has 1 unspecified atom stereocenters. The number of carboxylic acids is 1. The molecule has 0 aromatic rings. The summed E-state index contributed by atoms with van der Waals surface area (Å²) in [5.41, 5.74) is 0. The fourth-order valence-corrected chi connectivity index (χ4v) is 2.86. The predicted molar refractivity (Wildman–Crippen MR) is 68.9 cm³/mol. The Kier molecular flexibility index (Phi) is 4.63. The van der Waals surface area contributed by atoms with Crippen molar-refractivity contribution in [2.24, 2.45) is 11.8 Å². The van der Waals surface area contributed by atoms with Gasteiger partial charge in [0, 0.05) is 39.9 Å². The summed E-state index contributed by atoms with van der Waals surface area (Å²) < 4.78 is 5.14. The Morgan fingerprint density at radius 2 is 1.79 bits per heavy atom. The summed E-state index contributed by atoms with van der Waals surface area (Å²) in [6.07, 6.45) is 2.51. The van der Waals surface area contributed by atoms with Gasteiger partial charge in [0.1, 0.15) is 0 Å². The third-order valence-corrected chi connectivity index (χ3v) is 4.10. The molecule has 108 valence electrons. The zero-order chi connectivity index (χ0) is 13.8. The van der Waals surface area contributed by atoms with Crippen LogP contribution in [0.5, 0.6) is 0 Å². The molecule has 2 saturated heterocycles. The van der Waals surface area contributed by atoms with Crippen molar-refractivity contribution in [3.8, 4) is 0 Å². The lowest BCUT2D eigenvalue weighted by Crippen LogP contribution is -2.46. The third-order valence-electron chi connectivity index (χ3n) is 4.10. The van der Waals surface area contributed by atoms with Gasteiger partial charge in [-0.15, -0.1) is 0 Å². The number of nitrogens with zero attached hydrogens (tertiary/aromatic N) is 2. The summed E-state index contributed by atoms with van der Waals surface area (Å²) in [6, 6.07) is -0.000355. The fourth-order valence-electron chi connectivity index (χ4n) is 2.86. The molecule has 1 N–H and O–H groups in total. The van der Waals surface area contributed by atoms with E-state index in [9.17, 15) is 9.59 Å². The molecule has 0 aromatic heterocycles. The summed E-state index contributed by atoms with van der Waals surface area (Å²) in [5, 5.41) is 8.95. The quantitative estimate of drug-likeness (QED) is 0.826. The maximum absolute atomic E-state index is 12.3. The largest absolute Gasteiger partial charge is 0.481 e. The van der Waals surface area contributed by atoms with Crippen molar-refractivity contribution < 1.29 is 19.4 Å². The van der Waals surface area contributed by atoms with Crippen molar-refractivity contribution in [3.63, 3.8) is 0 Å². The van der Waals surface area contributed by atoms with E-state index in [1.807, 2.05) is 4.90 Å². The number of hydrogen-bond donors (Lipinski definition) is 1. The van der Waals surface area contributed by atoms with Crippen LogP contribution in [-0.4, -0.2) is 66.8 Å². The molecule has 2 heterocycles. The highest BCUT2D eigenvalue weighted by molar-refractivity contribution is 5.77. The second-order valence-corrected chi connectivity index (χ2v) is 5.44. The van der Waals surface area contributed by atoms with E-state index in [4.69, 9.17) is 9.84 Å². The van der Waals surface area contributed by atoms with Crippen LogP contribution in [0, 0.1) is 11.8 Å². The molecule has 2 aliphatic rings. The van der Waals surface area contributed by atoms with E-state index >= 15 is 0 Å². The van der Waals surface area contributed by atoms with Gasteiger partial charge in [-0.2, -0.15) is 0 Å². The van der Waals surface area contributed by atoms with Crippen LogP contribution in [0.3, 0.4) is 0 Å². The average Bonchev–Trinajstić information content (AvgIpc) is 2.89. The van der Waals surface area contributed by atoms with Gasteiger partial charge in [0.05, 0.1) is 5.92 Å². The second kappa shape index (κ2) is 6.23. The minimum absolute atomic E-state index is 0.000355. The number of aliphatic carboxylic acids is 1. The van der Waals surface area contributed by atoms with Gasteiger partial charge in [0.15, 0.2) is 0 Å². The Hall–Kier alpha value is -1.30. The van der Waals surface area contributed by atoms with E-state index in [2.05, 4.69) is 0 Å². The van der Waals surface area contributed by atoms with Gasteiger partial charge in [-0.1, -0.05) is 0 Å². The molecule has 2 amide bonds. The molecule has 6 heteroatoms. The summed E-state index contributed by atoms with van der Waals surface area (Å²) >= 11 is 0. The number of rotatable bonds is 3. The first-order valence-corrected chi connectivity index (χ1v) is 6.87. The monoisotopic (exact) mass is 270 g/mol. The first kappa shape index (κ1) is 14.1. The molecule has 2 fully saturated rings. The number of carbonyl (C=O) groups is 2. The van der Waals surface area contributed by atoms with Gasteiger partial charge in [-0.05, 0) is 25.2 Å². The van der Waals surface area contributed by atoms with Crippen molar-refractivity contribution in [1.82, 2.24) is 9.80 Å². The number of piperidine rings is 1. The lowest BCUT2D eigenvalue weighted by Gasteiger charge is -2.34. The third kappa shape index (κ3) is 3.37. The Bertz CT molecular complexity index is 340. The zero-order valence-electron chi connectivity index (χ0n) is 11.4. The minimum Gasteiger partial charge on any atom is -0.481 e. The van der Waals surface area contributed by atoms with Crippen LogP contribution >= 0.6 is 0 Å². The van der Waals surface area contributed by atoms with Gasteiger partial charge in [0.25, 0.3) is 0 Å². The molecule has 0 bridgehead atoms. The van der Waals surface area contributed by atoms with Crippen molar-refractivity contribution in [1.29, 1.82) is 0 Å². The molecule has 0 radical (unpaired) electrons. The number of urea groups is 1. The Balaban J connectivity index is 1.80. The average molecular weight is 270 g/mol. The van der Waals surface area contributed by atoms with Crippen LogP contribution < -0.4 is 0 Å². The van der Waals surface area contributed by atoms with Crippen LogP contribution in [0.2, 0.25) is 0 Å². The second-order valence-electron chi connectivity index (χ2n) is 5.44. The maximum Gasteiger partial charge on any atom is 0.320 e. The number of ether oxygens (including phenoxy) is 1. The van der Waals surface area contributed by atoms with Crippen molar-refractivity contribution in [2.75, 3.05) is 39.9 Å². The van der Waals surface area contributed by atoms with E-state index in [1.54, 1.807) is 12.0 Å². The van der Waals surface area contributed by atoms with Gasteiger partial charge < -0.3 is 19.6 Å². The first-order valence-electron chi connectivity index (χ1n) is 6.87.